The van der Waals surface area contributed by atoms with Crippen LogP contribution in [-0.4, -0.2) is 17.3 Å². The SMILES string of the molecule is CC(C)c1ccccc1NC1CCCC1O. The smallest absolute Gasteiger partial charge is 0.0741 e. The first-order chi connectivity index (χ1) is 7.68. The highest BCUT2D eigenvalue weighted by molar-refractivity contribution is 5.53. The van der Waals surface area contributed by atoms with Crippen LogP contribution in [0.15, 0.2) is 24.3 Å². The maximum Gasteiger partial charge on any atom is 0.0741 e. The van der Waals surface area contributed by atoms with Crippen LogP contribution in [-0.2, 0) is 0 Å². The summed E-state index contributed by atoms with van der Waals surface area (Å²) in [4.78, 5) is 0. The fraction of sp³-hybridized carbons (Fsp3) is 0.571. The first-order valence-corrected chi connectivity index (χ1v) is 6.22. The van der Waals surface area contributed by atoms with Crippen molar-refractivity contribution in [3.05, 3.63) is 29.8 Å². The quantitative estimate of drug-likeness (QED) is 0.818. The number of anilines is 1. The van der Waals surface area contributed by atoms with Crippen LogP contribution in [0.25, 0.3) is 0 Å². The number of aliphatic hydroxyl groups is 1. The highest BCUT2D eigenvalue weighted by Gasteiger charge is 2.25. The van der Waals surface area contributed by atoms with E-state index in [2.05, 4.69) is 43.4 Å². The maximum atomic E-state index is 9.82. The predicted octanol–water partition coefficient (Wildman–Crippen LogP) is 3.14. The van der Waals surface area contributed by atoms with Crippen LogP contribution in [0.5, 0.6) is 0 Å². The van der Waals surface area contributed by atoms with Gasteiger partial charge in [0.15, 0.2) is 0 Å². The monoisotopic (exact) mass is 219 g/mol. The van der Waals surface area contributed by atoms with Gasteiger partial charge in [-0.2, -0.15) is 0 Å². The molecule has 2 atom stereocenters. The standard InChI is InChI=1S/C14H21NO/c1-10(2)11-6-3-4-7-12(11)15-13-8-5-9-14(13)16/h3-4,6-7,10,13-16H,5,8-9H2,1-2H3. The predicted molar refractivity (Wildman–Crippen MR) is 67.8 cm³/mol. The molecule has 16 heavy (non-hydrogen) atoms. The van der Waals surface area contributed by atoms with E-state index in [4.69, 9.17) is 0 Å². The van der Waals surface area contributed by atoms with E-state index >= 15 is 0 Å². The van der Waals surface area contributed by atoms with Crippen LogP contribution in [0.2, 0.25) is 0 Å². The molecule has 1 aliphatic carbocycles. The molecule has 1 fully saturated rings. The van der Waals surface area contributed by atoms with E-state index in [1.54, 1.807) is 0 Å². The molecule has 2 unspecified atom stereocenters. The van der Waals surface area contributed by atoms with Crippen molar-refractivity contribution in [2.75, 3.05) is 5.32 Å². The molecule has 88 valence electrons. The van der Waals surface area contributed by atoms with Crippen molar-refractivity contribution >= 4 is 5.69 Å². The molecule has 2 rings (SSSR count). The first-order valence-electron chi connectivity index (χ1n) is 6.22. The molecule has 0 radical (unpaired) electrons. The number of aliphatic hydroxyl groups excluding tert-OH is 1. The molecule has 0 heterocycles. The van der Waals surface area contributed by atoms with E-state index in [1.165, 1.54) is 11.3 Å². The summed E-state index contributed by atoms with van der Waals surface area (Å²) in [5.74, 6) is 0.516. The van der Waals surface area contributed by atoms with E-state index < -0.39 is 0 Å². The summed E-state index contributed by atoms with van der Waals surface area (Å²) in [6.45, 7) is 4.40. The van der Waals surface area contributed by atoms with Gasteiger partial charge in [-0.15, -0.1) is 0 Å². The van der Waals surface area contributed by atoms with Gasteiger partial charge < -0.3 is 10.4 Å². The van der Waals surface area contributed by atoms with E-state index in [1.807, 2.05) is 0 Å². The van der Waals surface area contributed by atoms with Crippen molar-refractivity contribution in [2.45, 2.75) is 51.2 Å². The van der Waals surface area contributed by atoms with Crippen LogP contribution in [0, 0.1) is 0 Å². The fourth-order valence-corrected chi connectivity index (χ4v) is 2.44. The Bertz CT molecular complexity index is 348. The van der Waals surface area contributed by atoms with Gasteiger partial charge in [0.05, 0.1) is 12.1 Å². The zero-order chi connectivity index (χ0) is 11.5. The van der Waals surface area contributed by atoms with Gasteiger partial charge in [-0.05, 0) is 36.8 Å². The van der Waals surface area contributed by atoms with Crippen LogP contribution >= 0.6 is 0 Å². The van der Waals surface area contributed by atoms with Crippen molar-refractivity contribution in [2.24, 2.45) is 0 Å². The van der Waals surface area contributed by atoms with Crippen molar-refractivity contribution in [3.8, 4) is 0 Å². The second-order valence-electron chi connectivity index (χ2n) is 4.99. The Hall–Kier alpha value is -1.02. The summed E-state index contributed by atoms with van der Waals surface area (Å²) in [5, 5.41) is 13.3. The third-order valence-corrected chi connectivity index (χ3v) is 3.40. The molecule has 0 saturated heterocycles. The van der Waals surface area contributed by atoms with E-state index in [-0.39, 0.29) is 12.1 Å². The summed E-state index contributed by atoms with van der Waals surface area (Å²) in [5.41, 5.74) is 2.52. The maximum absolute atomic E-state index is 9.82. The molecule has 1 aromatic rings. The van der Waals surface area contributed by atoms with E-state index in [0.29, 0.717) is 5.92 Å². The van der Waals surface area contributed by atoms with Crippen molar-refractivity contribution in [1.82, 2.24) is 0 Å². The Morgan fingerprint density at radius 3 is 2.62 bits per heavy atom. The molecule has 2 heteroatoms. The van der Waals surface area contributed by atoms with Gasteiger partial charge in [0.1, 0.15) is 0 Å². The third-order valence-electron chi connectivity index (χ3n) is 3.40. The average Bonchev–Trinajstić information content (AvgIpc) is 2.65. The summed E-state index contributed by atoms with van der Waals surface area (Å²) < 4.78 is 0. The van der Waals surface area contributed by atoms with Crippen LogP contribution in [0.1, 0.15) is 44.6 Å². The average molecular weight is 219 g/mol. The van der Waals surface area contributed by atoms with Crippen molar-refractivity contribution < 1.29 is 5.11 Å². The van der Waals surface area contributed by atoms with Crippen LogP contribution in [0.3, 0.4) is 0 Å². The van der Waals surface area contributed by atoms with Gasteiger partial charge >= 0.3 is 0 Å². The second-order valence-corrected chi connectivity index (χ2v) is 4.99. The van der Waals surface area contributed by atoms with Gasteiger partial charge in [-0.1, -0.05) is 32.0 Å². The molecular weight excluding hydrogens is 198 g/mol. The lowest BCUT2D eigenvalue weighted by atomic mass is 10.0. The lowest BCUT2D eigenvalue weighted by Crippen LogP contribution is -2.28. The zero-order valence-corrected chi connectivity index (χ0v) is 10.1. The zero-order valence-electron chi connectivity index (χ0n) is 10.1. The van der Waals surface area contributed by atoms with Gasteiger partial charge in [0.2, 0.25) is 0 Å². The number of hydrogen-bond acceptors (Lipinski definition) is 2. The number of hydrogen-bond donors (Lipinski definition) is 2. The number of nitrogens with one attached hydrogen (secondary N) is 1. The van der Waals surface area contributed by atoms with Gasteiger partial charge in [0, 0.05) is 5.69 Å². The molecule has 1 aromatic carbocycles. The summed E-state index contributed by atoms with van der Waals surface area (Å²) in [7, 11) is 0. The minimum atomic E-state index is -0.180. The molecule has 1 saturated carbocycles. The summed E-state index contributed by atoms with van der Waals surface area (Å²) in [6, 6.07) is 8.63. The van der Waals surface area contributed by atoms with Crippen molar-refractivity contribution in [1.29, 1.82) is 0 Å². The molecule has 0 aromatic heterocycles. The molecule has 0 spiro atoms. The topological polar surface area (TPSA) is 32.3 Å². The highest BCUT2D eigenvalue weighted by Crippen LogP contribution is 2.28. The van der Waals surface area contributed by atoms with E-state index in [0.717, 1.165) is 19.3 Å². The number of para-hydroxylation sites is 1. The second kappa shape index (κ2) is 4.88. The summed E-state index contributed by atoms with van der Waals surface area (Å²) >= 11 is 0. The van der Waals surface area contributed by atoms with Gasteiger partial charge in [-0.25, -0.2) is 0 Å². The normalized spacial score (nSPS) is 25.0. The van der Waals surface area contributed by atoms with Gasteiger partial charge in [-0.3, -0.25) is 0 Å². The Morgan fingerprint density at radius 2 is 2.00 bits per heavy atom. The third kappa shape index (κ3) is 2.38. The molecule has 0 aliphatic heterocycles. The molecule has 0 bridgehead atoms. The Labute approximate surface area is 97.7 Å². The molecule has 1 aliphatic rings. The van der Waals surface area contributed by atoms with Crippen molar-refractivity contribution in [3.63, 3.8) is 0 Å². The van der Waals surface area contributed by atoms with Crippen LogP contribution in [0.4, 0.5) is 5.69 Å². The van der Waals surface area contributed by atoms with Crippen LogP contribution < -0.4 is 5.32 Å². The number of benzene rings is 1. The van der Waals surface area contributed by atoms with E-state index in [9.17, 15) is 5.11 Å². The first kappa shape index (κ1) is 11.5. The number of rotatable bonds is 3. The minimum Gasteiger partial charge on any atom is -0.391 e. The Kier molecular flexibility index (Phi) is 3.49. The Balaban J connectivity index is 2.14. The largest absolute Gasteiger partial charge is 0.391 e. The summed E-state index contributed by atoms with van der Waals surface area (Å²) in [6.07, 6.45) is 2.96. The molecule has 2 nitrogen and oxygen atoms in total. The lowest BCUT2D eigenvalue weighted by Gasteiger charge is -2.21. The fourth-order valence-electron chi connectivity index (χ4n) is 2.44. The molecule has 2 N–H and O–H groups in total. The Morgan fingerprint density at radius 1 is 1.25 bits per heavy atom. The van der Waals surface area contributed by atoms with Gasteiger partial charge in [0.25, 0.3) is 0 Å². The molecular formula is C14H21NO. The molecule has 0 amide bonds. The highest BCUT2D eigenvalue weighted by atomic mass is 16.3. The minimum absolute atomic E-state index is 0.180. The lowest BCUT2D eigenvalue weighted by molar-refractivity contribution is 0.172.